The summed E-state index contributed by atoms with van der Waals surface area (Å²) in [4.78, 5) is 2.37. The van der Waals surface area contributed by atoms with E-state index in [2.05, 4.69) is 22.3 Å². The Kier molecular flexibility index (Phi) is 4.72. The molecule has 0 aliphatic carbocycles. The summed E-state index contributed by atoms with van der Waals surface area (Å²) in [7, 11) is 0. The molecule has 2 nitrogen and oxygen atoms in total. The van der Waals surface area contributed by atoms with E-state index in [4.69, 9.17) is 11.6 Å². The van der Waals surface area contributed by atoms with Gasteiger partial charge in [0.15, 0.2) is 0 Å². The van der Waals surface area contributed by atoms with Crippen molar-refractivity contribution >= 4 is 34.3 Å². The number of hydrogen-bond acceptors (Lipinski definition) is 2. The highest BCUT2D eigenvalue weighted by Gasteiger charge is 2.09. The van der Waals surface area contributed by atoms with Crippen molar-refractivity contribution < 1.29 is 0 Å². The van der Waals surface area contributed by atoms with Gasteiger partial charge in [0.05, 0.1) is 0 Å². The van der Waals surface area contributed by atoms with Gasteiger partial charge >= 0.3 is 0 Å². The molecular formula is C10H14BrClN2. The lowest BCUT2D eigenvalue weighted by atomic mass is 10.2. The fourth-order valence-electron chi connectivity index (χ4n) is 1.57. The van der Waals surface area contributed by atoms with Crippen molar-refractivity contribution in [1.29, 1.82) is 0 Å². The molecule has 2 rings (SSSR count). The summed E-state index contributed by atoms with van der Waals surface area (Å²) in [5, 5.41) is 4.13. The average molecular weight is 278 g/mol. The smallest absolute Gasteiger partial charge is 0.0407 e. The van der Waals surface area contributed by atoms with Gasteiger partial charge in [-0.15, -0.1) is 17.0 Å². The summed E-state index contributed by atoms with van der Waals surface area (Å²) >= 11 is 5.82. The van der Waals surface area contributed by atoms with Gasteiger partial charge in [-0.1, -0.05) is 11.6 Å². The average Bonchev–Trinajstić information content (AvgIpc) is 2.20. The Morgan fingerprint density at radius 2 is 1.64 bits per heavy atom. The minimum Gasteiger partial charge on any atom is -0.369 e. The quantitative estimate of drug-likeness (QED) is 0.847. The second-order valence-corrected chi connectivity index (χ2v) is 3.65. The molecule has 78 valence electrons. The first-order chi connectivity index (χ1) is 6.36. The lowest BCUT2D eigenvalue weighted by Crippen LogP contribution is -2.43. The molecule has 0 aromatic heterocycles. The summed E-state index contributed by atoms with van der Waals surface area (Å²) in [5.41, 5.74) is 1.27. The van der Waals surface area contributed by atoms with Crippen LogP contribution in [0.2, 0.25) is 5.02 Å². The van der Waals surface area contributed by atoms with E-state index < -0.39 is 0 Å². The van der Waals surface area contributed by atoms with Gasteiger partial charge in [0.1, 0.15) is 0 Å². The summed E-state index contributed by atoms with van der Waals surface area (Å²) < 4.78 is 0. The van der Waals surface area contributed by atoms with Gasteiger partial charge in [-0.25, -0.2) is 0 Å². The number of hydrogen-bond donors (Lipinski definition) is 1. The van der Waals surface area contributed by atoms with E-state index in [1.807, 2.05) is 12.1 Å². The summed E-state index contributed by atoms with van der Waals surface area (Å²) in [6, 6.07) is 8.04. The lowest BCUT2D eigenvalue weighted by Gasteiger charge is -2.29. The molecule has 4 heteroatoms. The van der Waals surface area contributed by atoms with Gasteiger partial charge in [-0.3, -0.25) is 0 Å². The fourth-order valence-corrected chi connectivity index (χ4v) is 1.70. The van der Waals surface area contributed by atoms with E-state index in [9.17, 15) is 0 Å². The second kappa shape index (κ2) is 5.59. The van der Waals surface area contributed by atoms with Crippen LogP contribution >= 0.6 is 28.6 Å². The summed E-state index contributed by atoms with van der Waals surface area (Å²) in [6.45, 7) is 4.31. The highest BCUT2D eigenvalue weighted by atomic mass is 79.9. The van der Waals surface area contributed by atoms with E-state index in [1.165, 1.54) is 5.69 Å². The van der Waals surface area contributed by atoms with Crippen molar-refractivity contribution in [3.63, 3.8) is 0 Å². The molecule has 0 atom stereocenters. The molecule has 0 unspecified atom stereocenters. The molecule has 1 N–H and O–H groups in total. The number of anilines is 1. The Balaban J connectivity index is 0.000000980. The SMILES string of the molecule is Br.Clc1ccc(N2CCNCC2)cc1. The topological polar surface area (TPSA) is 15.3 Å². The Bertz CT molecular complexity index is 270. The maximum absolute atomic E-state index is 5.82. The minimum atomic E-state index is 0. The first-order valence-electron chi connectivity index (χ1n) is 4.57. The molecule has 0 spiro atoms. The zero-order valence-electron chi connectivity index (χ0n) is 7.87. The van der Waals surface area contributed by atoms with E-state index >= 15 is 0 Å². The number of benzene rings is 1. The molecule has 0 radical (unpaired) electrons. The lowest BCUT2D eigenvalue weighted by molar-refractivity contribution is 0.589. The van der Waals surface area contributed by atoms with Crippen LogP contribution in [0.5, 0.6) is 0 Å². The molecule has 1 aromatic rings. The van der Waals surface area contributed by atoms with E-state index in [1.54, 1.807) is 0 Å². The number of piperazine rings is 1. The molecule has 1 saturated heterocycles. The molecule has 1 fully saturated rings. The molecule has 0 bridgehead atoms. The third-order valence-electron chi connectivity index (χ3n) is 2.31. The summed E-state index contributed by atoms with van der Waals surface area (Å²) in [5.74, 6) is 0. The van der Waals surface area contributed by atoms with Gasteiger partial charge in [-0.2, -0.15) is 0 Å². The van der Waals surface area contributed by atoms with Crippen molar-refractivity contribution in [3.05, 3.63) is 29.3 Å². The van der Waals surface area contributed by atoms with Crippen LogP contribution in [0.4, 0.5) is 5.69 Å². The van der Waals surface area contributed by atoms with Crippen molar-refractivity contribution in [2.24, 2.45) is 0 Å². The largest absolute Gasteiger partial charge is 0.369 e. The molecule has 0 saturated carbocycles. The second-order valence-electron chi connectivity index (χ2n) is 3.21. The van der Waals surface area contributed by atoms with Gasteiger partial charge in [0, 0.05) is 36.9 Å². The molecule has 1 heterocycles. The zero-order chi connectivity index (χ0) is 9.10. The van der Waals surface area contributed by atoms with Crippen molar-refractivity contribution in [2.45, 2.75) is 0 Å². The van der Waals surface area contributed by atoms with E-state index in [-0.39, 0.29) is 17.0 Å². The predicted molar refractivity (Wildman–Crippen MR) is 66.9 cm³/mol. The third kappa shape index (κ3) is 2.87. The fraction of sp³-hybridized carbons (Fsp3) is 0.400. The Labute approximate surface area is 100 Å². The minimum absolute atomic E-state index is 0. The van der Waals surface area contributed by atoms with Gasteiger partial charge in [0.2, 0.25) is 0 Å². The van der Waals surface area contributed by atoms with Crippen molar-refractivity contribution in [1.82, 2.24) is 5.32 Å². The van der Waals surface area contributed by atoms with Gasteiger partial charge in [0.25, 0.3) is 0 Å². The maximum Gasteiger partial charge on any atom is 0.0407 e. The summed E-state index contributed by atoms with van der Waals surface area (Å²) in [6.07, 6.45) is 0. The first-order valence-corrected chi connectivity index (χ1v) is 4.95. The number of rotatable bonds is 1. The van der Waals surface area contributed by atoms with Crippen molar-refractivity contribution in [2.75, 3.05) is 31.1 Å². The molecule has 1 aromatic carbocycles. The van der Waals surface area contributed by atoms with Crippen LogP contribution in [0, 0.1) is 0 Å². The van der Waals surface area contributed by atoms with Crippen LogP contribution in [-0.4, -0.2) is 26.2 Å². The van der Waals surface area contributed by atoms with E-state index in [0.29, 0.717) is 0 Å². The number of nitrogens with one attached hydrogen (secondary N) is 1. The third-order valence-corrected chi connectivity index (χ3v) is 2.56. The van der Waals surface area contributed by atoms with E-state index in [0.717, 1.165) is 31.2 Å². The van der Waals surface area contributed by atoms with Crippen LogP contribution in [0.1, 0.15) is 0 Å². The molecular weight excluding hydrogens is 263 g/mol. The standard InChI is InChI=1S/C10H13ClN2.BrH/c11-9-1-3-10(4-2-9)13-7-5-12-6-8-13;/h1-4,12H,5-8H2;1H. The van der Waals surface area contributed by atoms with Crippen LogP contribution in [0.25, 0.3) is 0 Å². The monoisotopic (exact) mass is 276 g/mol. The Morgan fingerprint density at radius 3 is 2.21 bits per heavy atom. The van der Waals surface area contributed by atoms with Crippen LogP contribution in [0.3, 0.4) is 0 Å². The molecule has 1 aliphatic heterocycles. The Hall–Kier alpha value is -0.250. The number of halogens is 2. The highest BCUT2D eigenvalue weighted by molar-refractivity contribution is 8.93. The zero-order valence-corrected chi connectivity index (χ0v) is 10.3. The number of nitrogens with zero attached hydrogens (tertiary/aromatic N) is 1. The Morgan fingerprint density at radius 1 is 1.07 bits per heavy atom. The van der Waals surface area contributed by atoms with Crippen LogP contribution in [0.15, 0.2) is 24.3 Å². The van der Waals surface area contributed by atoms with Crippen LogP contribution < -0.4 is 10.2 Å². The van der Waals surface area contributed by atoms with Gasteiger partial charge < -0.3 is 10.2 Å². The van der Waals surface area contributed by atoms with Crippen LogP contribution in [-0.2, 0) is 0 Å². The molecule has 14 heavy (non-hydrogen) atoms. The molecule has 0 amide bonds. The normalized spacial score (nSPS) is 16.2. The molecule has 1 aliphatic rings. The highest BCUT2D eigenvalue weighted by Crippen LogP contribution is 2.17. The first kappa shape index (κ1) is 11.8. The van der Waals surface area contributed by atoms with Gasteiger partial charge in [-0.05, 0) is 24.3 Å². The van der Waals surface area contributed by atoms with Crippen molar-refractivity contribution in [3.8, 4) is 0 Å². The maximum atomic E-state index is 5.82. The predicted octanol–water partition coefficient (Wildman–Crippen LogP) is 2.33.